The third-order valence-electron chi connectivity index (χ3n) is 3.81. The fraction of sp³-hybridized carbons (Fsp3) is 0.438. The molecule has 5 heteroatoms. The van der Waals surface area contributed by atoms with Crippen molar-refractivity contribution in [1.82, 2.24) is 4.90 Å². The summed E-state index contributed by atoms with van der Waals surface area (Å²) in [6.07, 6.45) is 1.00. The van der Waals surface area contributed by atoms with Crippen LogP contribution in [0.2, 0.25) is 0 Å². The van der Waals surface area contributed by atoms with E-state index >= 15 is 0 Å². The van der Waals surface area contributed by atoms with Crippen molar-refractivity contribution in [1.29, 1.82) is 0 Å². The van der Waals surface area contributed by atoms with Crippen LogP contribution < -0.4 is 0 Å². The highest BCUT2D eigenvalue weighted by Crippen LogP contribution is 2.25. The maximum Gasteiger partial charge on any atom is 0.373 e. The Labute approximate surface area is 129 Å². The number of esters is 1. The molecule has 4 nitrogen and oxygen atoms in total. The van der Waals surface area contributed by atoms with Crippen LogP contribution in [0.3, 0.4) is 0 Å². The first kappa shape index (κ1) is 15.8. The molecule has 0 aliphatic rings. The molecule has 0 amide bonds. The minimum absolute atomic E-state index is 0.0957. The number of rotatable bonds is 6. The molecular formula is C16H21NO3S. The van der Waals surface area contributed by atoms with Crippen molar-refractivity contribution in [2.45, 2.75) is 32.4 Å². The number of methoxy groups -OCH3 is 1. The van der Waals surface area contributed by atoms with E-state index in [0.717, 1.165) is 12.2 Å². The van der Waals surface area contributed by atoms with Gasteiger partial charge in [-0.2, -0.15) is 0 Å². The SMILES string of the molecule is COC(=O)c1ccc(C(C)N(C)C(C)Cc2cccs2)o1. The molecule has 0 radical (unpaired) electrons. The fourth-order valence-electron chi connectivity index (χ4n) is 2.23. The van der Waals surface area contributed by atoms with Crippen molar-refractivity contribution in [3.63, 3.8) is 0 Å². The van der Waals surface area contributed by atoms with Gasteiger partial charge in [-0.3, -0.25) is 4.90 Å². The van der Waals surface area contributed by atoms with Gasteiger partial charge in [0.05, 0.1) is 13.2 Å². The first-order valence-electron chi connectivity index (χ1n) is 6.95. The monoisotopic (exact) mass is 307 g/mol. The predicted molar refractivity (Wildman–Crippen MR) is 83.7 cm³/mol. The number of likely N-dealkylation sites (N-methyl/N-ethyl adjacent to an activating group) is 1. The number of ether oxygens (including phenoxy) is 1. The number of nitrogens with zero attached hydrogens (tertiary/aromatic N) is 1. The van der Waals surface area contributed by atoms with Gasteiger partial charge >= 0.3 is 5.97 Å². The third kappa shape index (κ3) is 3.74. The Bertz CT molecular complexity index is 576. The van der Waals surface area contributed by atoms with Crippen molar-refractivity contribution in [3.8, 4) is 0 Å². The molecule has 2 heterocycles. The van der Waals surface area contributed by atoms with Crippen molar-refractivity contribution in [2.24, 2.45) is 0 Å². The molecule has 2 aromatic heterocycles. The fourth-order valence-corrected chi connectivity index (χ4v) is 3.06. The van der Waals surface area contributed by atoms with Crippen LogP contribution in [0, 0.1) is 0 Å². The quantitative estimate of drug-likeness (QED) is 0.762. The van der Waals surface area contributed by atoms with Crippen LogP contribution in [-0.4, -0.2) is 31.1 Å². The van der Waals surface area contributed by atoms with Crippen molar-refractivity contribution < 1.29 is 13.9 Å². The minimum atomic E-state index is -0.442. The summed E-state index contributed by atoms with van der Waals surface area (Å²) in [5.74, 6) is 0.581. The van der Waals surface area contributed by atoms with Crippen LogP contribution in [0.1, 0.15) is 41.1 Å². The summed E-state index contributed by atoms with van der Waals surface area (Å²) in [5.41, 5.74) is 0. The van der Waals surface area contributed by atoms with Crippen molar-refractivity contribution in [3.05, 3.63) is 46.0 Å². The summed E-state index contributed by atoms with van der Waals surface area (Å²) >= 11 is 1.78. The molecular weight excluding hydrogens is 286 g/mol. The molecule has 0 N–H and O–H groups in total. The molecule has 0 aliphatic heterocycles. The minimum Gasteiger partial charge on any atom is -0.463 e. The normalized spacial score (nSPS) is 14.1. The molecule has 0 aliphatic carbocycles. The van der Waals surface area contributed by atoms with E-state index in [4.69, 9.17) is 4.42 Å². The van der Waals surface area contributed by atoms with E-state index in [1.807, 2.05) is 6.07 Å². The standard InChI is InChI=1S/C16H21NO3S/c1-11(10-13-6-5-9-21-13)17(3)12(2)14-7-8-15(20-14)16(18)19-4/h5-9,11-12H,10H2,1-4H3. The van der Waals surface area contributed by atoms with Gasteiger partial charge in [0.1, 0.15) is 5.76 Å². The highest BCUT2D eigenvalue weighted by Gasteiger charge is 2.22. The molecule has 0 aromatic carbocycles. The summed E-state index contributed by atoms with van der Waals surface area (Å²) in [5, 5.41) is 2.10. The first-order chi connectivity index (χ1) is 10.0. The summed E-state index contributed by atoms with van der Waals surface area (Å²) in [6.45, 7) is 4.27. The zero-order chi connectivity index (χ0) is 15.4. The van der Waals surface area contributed by atoms with E-state index in [2.05, 4.69) is 48.0 Å². The Morgan fingerprint density at radius 2 is 2.14 bits per heavy atom. The number of thiophene rings is 1. The van der Waals surface area contributed by atoms with Gasteiger partial charge in [-0.15, -0.1) is 11.3 Å². The topological polar surface area (TPSA) is 42.7 Å². The summed E-state index contributed by atoms with van der Waals surface area (Å²) in [7, 11) is 3.42. The van der Waals surface area contributed by atoms with E-state index in [0.29, 0.717) is 6.04 Å². The largest absolute Gasteiger partial charge is 0.463 e. The summed E-state index contributed by atoms with van der Waals surface area (Å²) in [6, 6.07) is 8.21. The lowest BCUT2D eigenvalue weighted by Crippen LogP contribution is -2.33. The molecule has 2 rings (SSSR count). The lowest BCUT2D eigenvalue weighted by molar-refractivity contribution is 0.0558. The van der Waals surface area contributed by atoms with E-state index in [-0.39, 0.29) is 11.8 Å². The number of furan rings is 1. The lowest BCUT2D eigenvalue weighted by atomic mass is 10.1. The highest BCUT2D eigenvalue weighted by atomic mass is 32.1. The van der Waals surface area contributed by atoms with E-state index in [9.17, 15) is 4.79 Å². The van der Waals surface area contributed by atoms with Crippen molar-refractivity contribution in [2.75, 3.05) is 14.2 Å². The molecule has 2 atom stereocenters. The van der Waals surface area contributed by atoms with Crippen LogP contribution in [0.25, 0.3) is 0 Å². The average molecular weight is 307 g/mol. The van der Waals surface area contributed by atoms with Crippen LogP contribution in [0.15, 0.2) is 34.1 Å². The third-order valence-corrected chi connectivity index (χ3v) is 4.71. The molecule has 21 heavy (non-hydrogen) atoms. The van der Waals surface area contributed by atoms with Gasteiger partial charge in [-0.1, -0.05) is 6.07 Å². The molecule has 0 bridgehead atoms. The van der Waals surface area contributed by atoms with Crippen molar-refractivity contribution >= 4 is 17.3 Å². The lowest BCUT2D eigenvalue weighted by Gasteiger charge is -2.29. The average Bonchev–Trinajstić information content (AvgIpc) is 3.15. The maximum atomic E-state index is 11.4. The molecule has 2 unspecified atom stereocenters. The second kappa shape index (κ2) is 6.91. The molecule has 0 fully saturated rings. The summed E-state index contributed by atoms with van der Waals surface area (Å²) in [4.78, 5) is 15.1. The number of hydrogen-bond donors (Lipinski definition) is 0. The highest BCUT2D eigenvalue weighted by molar-refractivity contribution is 7.09. The zero-order valence-electron chi connectivity index (χ0n) is 12.8. The van der Waals surface area contributed by atoms with Gasteiger partial charge < -0.3 is 9.15 Å². The van der Waals surface area contributed by atoms with Gasteiger partial charge in [-0.05, 0) is 50.9 Å². The van der Waals surface area contributed by atoms with Gasteiger partial charge in [0, 0.05) is 10.9 Å². The molecule has 2 aromatic rings. The van der Waals surface area contributed by atoms with Gasteiger partial charge in [0.15, 0.2) is 0 Å². The second-order valence-electron chi connectivity index (χ2n) is 5.17. The molecule has 0 saturated heterocycles. The van der Waals surface area contributed by atoms with E-state index in [1.165, 1.54) is 12.0 Å². The maximum absolute atomic E-state index is 11.4. The number of carbonyl (C=O) groups is 1. The molecule has 0 spiro atoms. The smallest absolute Gasteiger partial charge is 0.373 e. The van der Waals surface area contributed by atoms with Gasteiger partial charge in [-0.25, -0.2) is 4.79 Å². The second-order valence-corrected chi connectivity index (χ2v) is 6.20. The predicted octanol–water partition coefficient (Wildman–Crippen LogP) is 3.75. The van der Waals surface area contributed by atoms with Crippen LogP contribution in [0.5, 0.6) is 0 Å². The number of carbonyl (C=O) groups excluding carboxylic acids is 1. The number of hydrogen-bond acceptors (Lipinski definition) is 5. The van der Waals surface area contributed by atoms with E-state index in [1.54, 1.807) is 17.4 Å². The Hall–Kier alpha value is -1.59. The Balaban J connectivity index is 2.02. The van der Waals surface area contributed by atoms with Crippen LogP contribution >= 0.6 is 11.3 Å². The first-order valence-corrected chi connectivity index (χ1v) is 7.83. The summed E-state index contributed by atoms with van der Waals surface area (Å²) < 4.78 is 10.3. The van der Waals surface area contributed by atoms with Crippen LogP contribution in [-0.2, 0) is 11.2 Å². The molecule has 0 saturated carbocycles. The Morgan fingerprint density at radius 1 is 1.38 bits per heavy atom. The Morgan fingerprint density at radius 3 is 2.76 bits per heavy atom. The Kier molecular flexibility index (Phi) is 5.20. The molecule has 114 valence electrons. The van der Waals surface area contributed by atoms with Gasteiger partial charge in [0.2, 0.25) is 5.76 Å². The van der Waals surface area contributed by atoms with Gasteiger partial charge in [0.25, 0.3) is 0 Å². The zero-order valence-corrected chi connectivity index (χ0v) is 13.6. The van der Waals surface area contributed by atoms with Crippen LogP contribution in [0.4, 0.5) is 0 Å². The van der Waals surface area contributed by atoms with E-state index < -0.39 is 5.97 Å².